The molecule has 0 unspecified atom stereocenters. The minimum atomic E-state index is 0.693. The second-order valence-corrected chi connectivity index (χ2v) is 4.59. The van der Waals surface area contributed by atoms with Crippen LogP contribution in [0.3, 0.4) is 0 Å². The van der Waals surface area contributed by atoms with Crippen molar-refractivity contribution in [2.24, 2.45) is 4.99 Å². The molecule has 2 aliphatic rings. The van der Waals surface area contributed by atoms with Gasteiger partial charge in [0.05, 0.1) is 11.1 Å². The van der Waals surface area contributed by atoms with E-state index in [1.165, 1.54) is 30.7 Å². The van der Waals surface area contributed by atoms with Crippen LogP contribution in [0.4, 0.5) is 0 Å². The molecule has 1 nitrogen and oxygen atoms in total. The molecule has 1 fully saturated rings. The number of hydrogen-bond acceptors (Lipinski definition) is 2. The van der Waals surface area contributed by atoms with Crippen molar-refractivity contribution in [1.29, 1.82) is 0 Å². The Kier molecular flexibility index (Phi) is 1.73. The molecule has 0 amide bonds. The van der Waals surface area contributed by atoms with Crippen molar-refractivity contribution in [3.63, 3.8) is 0 Å². The van der Waals surface area contributed by atoms with Crippen LogP contribution in [-0.4, -0.2) is 16.3 Å². The van der Waals surface area contributed by atoms with Gasteiger partial charge in [0, 0.05) is 5.25 Å². The maximum Gasteiger partial charge on any atom is 0.0652 e. The number of aliphatic imine (C=N–C) groups is 1. The van der Waals surface area contributed by atoms with Crippen LogP contribution >= 0.6 is 11.8 Å². The molecular weight excluding hydrogens is 142 g/mol. The summed E-state index contributed by atoms with van der Waals surface area (Å²) in [5, 5.41) is 2.17. The molecule has 0 aromatic carbocycles. The van der Waals surface area contributed by atoms with Crippen molar-refractivity contribution in [3.8, 4) is 0 Å². The lowest BCUT2D eigenvalue weighted by Gasteiger charge is -2.21. The minimum absolute atomic E-state index is 0.693. The fourth-order valence-corrected chi connectivity index (χ4v) is 3.12. The highest BCUT2D eigenvalue weighted by atomic mass is 32.2. The van der Waals surface area contributed by atoms with Crippen LogP contribution in [0.15, 0.2) is 4.99 Å². The first-order valence-electron chi connectivity index (χ1n) is 4.07. The Labute approximate surface area is 66.3 Å². The summed E-state index contributed by atoms with van der Waals surface area (Å²) in [6.07, 6.45) is 5.57. The molecule has 1 aliphatic carbocycles. The third-order valence-corrected chi connectivity index (χ3v) is 3.64. The number of thioether (sulfide) groups is 1. The van der Waals surface area contributed by atoms with E-state index in [9.17, 15) is 0 Å². The topological polar surface area (TPSA) is 12.4 Å². The minimum Gasteiger partial charge on any atom is -0.279 e. The van der Waals surface area contributed by atoms with Gasteiger partial charge in [0.15, 0.2) is 0 Å². The Hall–Kier alpha value is 0.0200. The van der Waals surface area contributed by atoms with Gasteiger partial charge in [0.25, 0.3) is 0 Å². The van der Waals surface area contributed by atoms with E-state index in [1.807, 2.05) is 11.8 Å². The van der Waals surface area contributed by atoms with Gasteiger partial charge in [-0.05, 0) is 19.8 Å². The third-order valence-electron chi connectivity index (χ3n) is 2.34. The molecule has 1 saturated carbocycles. The summed E-state index contributed by atoms with van der Waals surface area (Å²) in [6, 6.07) is 0.693. The lowest BCUT2D eigenvalue weighted by atomic mass is 9.95. The fourth-order valence-electron chi connectivity index (χ4n) is 1.85. The van der Waals surface area contributed by atoms with E-state index in [2.05, 4.69) is 11.9 Å². The van der Waals surface area contributed by atoms with Crippen LogP contribution in [0, 0.1) is 0 Å². The summed E-state index contributed by atoms with van der Waals surface area (Å²) in [7, 11) is 0. The average molecular weight is 155 g/mol. The van der Waals surface area contributed by atoms with Gasteiger partial charge in [0.1, 0.15) is 0 Å². The number of hydrogen-bond donors (Lipinski definition) is 0. The van der Waals surface area contributed by atoms with E-state index in [0.717, 1.165) is 5.25 Å². The molecule has 0 bridgehead atoms. The normalized spacial score (nSPS) is 39.1. The van der Waals surface area contributed by atoms with E-state index in [0.29, 0.717) is 6.04 Å². The molecule has 0 spiro atoms. The molecule has 0 aromatic heterocycles. The molecule has 2 rings (SSSR count). The standard InChI is InChI=1S/C8H13NS/c1-6-9-7-4-2-3-5-8(7)10-6/h7-8H,2-5H2,1H3/t7-,8+/m1/s1. The number of nitrogens with zero attached hydrogens (tertiary/aromatic N) is 1. The van der Waals surface area contributed by atoms with Crippen molar-refractivity contribution < 1.29 is 0 Å². The Morgan fingerprint density at radius 3 is 3.00 bits per heavy atom. The quantitative estimate of drug-likeness (QED) is 0.523. The highest BCUT2D eigenvalue weighted by molar-refractivity contribution is 8.14. The monoisotopic (exact) mass is 155 g/mol. The summed E-state index contributed by atoms with van der Waals surface area (Å²) in [6.45, 7) is 2.14. The second-order valence-electron chi connectivity index (χ2n) is 3.16. The lowest BCUT2D eigenvalue weighted by molar-refractivity contribution is 0.462. The first-order chi connectivity index (χ1) is 4.86. The molecule has 10 heavy (non-hydrogen) atoms. The zero-order chi connectivity index (χ0) is 6.97. The van der Waals surface area contributed by atoms with Crippen LogP contribution in [0.5, 0.6) is 0 Å². The van der Waals surface area contributed by atoms with Gasteiger partial charge in [-0.25, -0.2) is 0 Å². The Bertz CT molecular complexity index is 165. The van der Waals surface area contributed by atoms with Crippen molar-refractivity contribution in [2.45, 2.75) is 43.9 Å². The summed E-state index contributed by atoms with van der Waals surface area (Å²) in [5.74, 6) is 0. The van der Waals surface area contributed by atoms with E-state index in [1.54, 1.807) is 0 Å². The molecule has 0 saturated heterocycles. The molecule has 0 N–H and O–H groups in total. The molecule has 0 aromatic rings. The SMILES string of the molecule is CC1=N[C@@H]2CCCC[C@@H]2S1. The molecular formula is C8H13NS. The van der Waals surface area contributed by atoms with Crippen LogP contribution in [-0.2, 0) is 0 Å². The van der Waals surface area contributed by atoms with Gasteiger partial charge in [-0.1, -0.05) is 12.8 Å². The number of rotatable bonds is 0. The molecule has 2 atom stereocenters. The van der Waals surface area contributed by atoms with Crippen molar-refractivity contribution in [1.82, 2.24) is 0 Å². The summed E-state index contributed by atoms with van der Waals surface area (Å²) < 4.78 is 0. The largest absolute Gasteiger partial charge is 0.279 e. The lowest BCUT2D eigenvalue weighted by Crippen LogP contribution is -2.21. The maximum absolute atomic E-state index is 4.59. The average Bonchev–Trinajstić information content (AvgIpc) is 2.27. The smallest absolute Gasteiger partial charge is 0.0652 e. The molecule has 56 valence electrons. The molecule has 1 aliphatic heterocycles. The maximum atomic E-state index is 4.59. The first-order valence-corrected chi connectivity index (χ1v) is 4.95. The van der Waals surface area contributed by atoms with Gasteiger partial charge < -0.3 is 0 Å². The Balaban J connectivity index is 2.06. The van der Waals surface area contributed by atoms with Crippen molar-refractivity contribution in [3.05, 3.63) is 0 Å². The van der Waals surface area contributed by atoms with Crippen LogP contribution in [0.1, 0.15) is 32.6 Å². The molecule has 0 radical (unpaired) electrons. The zero-order valence-electron chi connectivity index (χ0n) is 6.34. The van der Waals surface area contributed by atoms with Gasteiger partial charge in [0.2, 0.25) is 0 Å². The van der Waals surface area contributed by atoms with Gasteiger partial charge >= 0.3 is 0 Å². The van der Waals surface area contributed by atoms with E-state index in [-0.39, 0.29) is 0 Å². The summed E-state index contributed by atoms with van der Waals surface area (Å²) >= 11 is 2.00. The van der Waals surface area contributed by atoms with E-state index < -0.39 is 0 Å². The van der Waals surface area contributed by atoms with Gasteiger partial charge in [-0.2, -0.15) is 0 Å². The van der Waals surface area contributed by atoms with Crippen LogP contribution in [0.2, 0.25) is 0 Å². The van der Waals surface area contributed by atoms with Gasteiger partial charge in [-0.3, -0.25) is 4.99 Å². The summed E-state index contributed by atoms with van der Waals surface area (Å²) in [5.41, 5.74) is 0. The van der Waals surface area contributed by atoms with Crippen LogP contribution in [0.25, 0.3) is 0 Å². The summed E-state index contributed by atoms with van der Waals surface area (Å²) in [4.78, 5) is 4.59. The highest BCUT2D eigenvalue weighted by Gasteiger charge is 2.30. The molecule has 2 heteroatoms. The molecule has 1 heterocycles. The fraction of sp³-hybridized carbons (Fsp3) is 0.875. The van der Waals surface area contributed by atoms with E-state index >= 15 is 0 Å². The highest BCUT2D eigenvalue weighted by Crippen LogP contribution is 2.36. The predicted octanol–water partition coefficient (Wildman–Crippen LogP) is 2.46. The second kappa shape index (κ2) is 2.57. The van der Waals surface area contributed by atoms with Crippen molar-refractivity contribution in [2.75, 3.05) is 0 Å². The van der Waals surface area contributed by atoms with Gasteiger partial charge in [-0.15, -0.1) is 11.8 Å². The van der Waals surface area contributed by atoms with Crippen molar-refractivity contribution >= 4 is 16.8 Å². The first kappa shape index (κ1) is 6.71. The predicted molar refractivity (Wildman–Crippen MR) is 46.7 cm³/mol. The Morgan fingerprint density at radius 2 is 2.20 bits per heavy atom. The third kappa shape index (κ3) is 1.09. The van der Waals surface area contributed by atoms with Crippen LogP contribution < -0.4 is 0 Å². The Morgan fingerprint density at radius 1 is 1.40 bits per heavy atom. The zero-order valence-corrected chi connectivity index (χ0v) is 7.16. The van der Waals surface area contributed by atoms with E-state index in [4.69, 9.17) is 0 Å². The number of fused-ring (bicyclic) bond motifs is 1.